The van der Waals surface area contributed by atoms with Gasteiger partial charge in [0, 0.05) is 12.8 Å². The van der Waals surface area contributed by atoms with Crippen molar-refractivity contribution in [1.82, 2.24) is 0 Å². The van der Waals surface area contributed by atoms with Crippen LogP contribution < -0.4 is 0 Å². The molecule has 126 valence electrons. The molecule has 0 aromatic rings. The van der Waals surface area contributed by atoms with Crippen LogP contribution in [0.3, 0.4) is 0 Å². The molecule has 0 unspecified atom stereocenters. The lowest BCUT2D eigenvalue weighted by Gasteiger charge is -2.44. The molecule has 2 fully saturated rings. The summed E-state index contributed by atoms with van der Waals surface area (Å²) in [5, 5.41) is 8.63. The number of esters is 1. The molecule has 2 rings (SSSR count). The second kappa shape index (κ2) is 8.54. The highest BCUT2D eigenvalue weighted by molar-refractivity contribution is 5.70. The zero-order valence-corrected chi connectivity index (χ0v) is 13.6. The first-order valence-electron chi connectivity index (χ1n) is 9.06. The van der Waals surface area contributed by atoms with Crippen LogP contribution in [0.4, 0.5) is 0 Å². The van der Waals surface area contributed by atoms with Crippen LogP contribution in [0.5, 0.6) is 0 Å². The van der Waals surface area contributed by atoms with Gasteiger partial charge in [0.15, 0.2) is 0 Å². The number of carbonyl (C=O) groups excluding carboxylic acids is 1. The van der Waals surface area contributed by atoms with Crippen LogP contribution >= 0.6 is 0 Å². The number of rotatable bonds is 7. The standard InChI is InChI=1S/C18H30O4/c19-16(20)11-5-6-12-17(21)22-18(13-7-2-8-14-18)15-9-3-1-4-10-15/h15H,1-14H2,(H,19,20). The molecule has 0 bridgehead atoms. The van der Waals surface area contributed by atoms with E-state index in [-0.39, 0.29) is 18.0 Å². The van der Waals surface area contributed by atoms with Crippen molar-refractivity contribution in [2.75, 3.05) is 0 Å². The van der Waals surface area contributed by atoms with Gasteiger partial charge in [-0.15, -0.1) is 0 Å². The van der Waals surface area contributed by atoms with Crippen LogP contribution in [0, 0.1) is 5.92 Å². The van der Waals surface area contributed by atoms with E-state index in [4.69, 9.17) is 9.84 Å². The molecule has 0 heterocycles. The van der Waals surface area contributed by atoms with Gasteiger partial charge in [0.25, 0.3) is 0 Å². The van der Waals surface area contributed by atoms with Crippen molar-refractivity contribution in [1.29, 1.82) is 0 Å². The lowest BCUT2D eigenvalue weighted by Crippen LogP contribution is -2.45. The molecule has 0 radical (unpaired) electrons. The molecule has 0 atom stereocenters. The highest BCUT2D eigenvalue weighted by atomic mass is 16.6. The molecule has 0 saturated heterocycles. The third kappa shape index (κ3) is 4.99. The topological polar surface area (TPSA) is 63.6 Å². The Labute approximate surface area is 133 Å². The lowest BCUT2D eigenvalue weighted by atomic mass is 9.69. The van der Waals surface area contributed by atoms with Crippen LogP contribution in [-0.2, 0) is 14.3 Å². The zero-order chi connectivity index (χ0) is 15.8. The minimum atomic E-state index is -0.792. The van der Waals surface area contributed by atoms with Crippen molar-refractivity contribution < 1.29 is 19.4 Å². The predicted octanol–water partition coefficient (Wildman–Crippen LogP) is 4.46. The summed E-state index contributed by atoms with van der Waals surface area (Å²) in [5.74, 6) is -0.360. The first kappa shape index (κ1) is 17.3. The van der Waals surface area contributed by atoms with E-state index in [0.717, 1.165) is 12.8 Å². The summed E-state index contributed by atoms with van der Waals surface area (Å²) < 4.78 is 6.04. The normalized spacial score (nSPS) is 22.2. The van der Waals surface area contributed by atoms with Gasteiger partial charge in [0.05, 0.1) is 0 Å². The van der Waals surface area contributed by atoms with E-state index in [0.29, 0.717) is 25.2 Å². The third-order valence-corrected chi connectivity index (χ3v) is 5.39. The van der Waals surface area contributed by atoms with Gasteiger partial charge in [0.1, 0.15) is 5.60 Å². The maximum atomic E-state index is 12.2. The summed E-state index contributed by atoms with van der Waals surface area (Å²) in [7, 11) is 0. The van der Waals surface area contributed by atoms with Gasteiger partial charge in [-0.25, -0.2) is 0 Å². The molecular weight excluding hydrogens is 280 g/mol. The Bertz CT molecular complexity index is 365. The van der Waals surface area contributed by atoms with Gasteiger partial charge >= 0.3 is 11.9 Å². The van der Waals surface area contributed by atoms with E-state index in [2.05, 4.69) is 0 Å². The van der Waals surface area contributed by atoms with Crippen molar-refractivity contribution in [2.45, 2.75) is 95.5 Å². The van der Waals surface area contributed by atoms with Crippen molar-refractivity contribution in [3.63, 3.8) is 0 Å². The van der Waals surface area contributed by atoms with E-state index in [1.165, 1.54) is 51.4 Å². The fraction of sp³-hybridized carbons (Fsp3) is 0.889. The smallest absolute Gasteiger partial charge is 0.306 e. The van der Waals surface area contributed by atoms with Crippen LogP contribution in [0.2, 0.25) is 0 Å². The van der Waals surface area contributed by atoms with Gasteiger partial charge in [-0.05, 0) is 57.3 Å². The Balaban J connectivity index is 1.85. The SMILES string of the molecule is O=C(O)CCCCC(=O)OC1(C2CCCCC2)CCCCC1. The van der Waals surface area contributed by atoms with Crippen LogP contribution in [0.1, 0.15) is 89.9 Å². The van der Waals surface area contributed by atoms with E-state index >= 15 is 0 Å². The molecular formula is C18H30O4. The monoisotopic (exact) mass is 310 g/mol. The van der Waals surface area contributed by atoms with Crippen molar-refractivity contribution in [3.05, 3.63) is 0 Å². The summed E-state index contributed by atoms with van der Waals surface area (Å²) in [6, 6.07) is 0. The van der Waals surface area contributed by atoms with Crippen molar-refractivity contribution in [3.8, 4) is 0 Å². The Hall–Kier alpha value is -1.06. The van der Waals surface area contributed by atoms with Gasteiger partial charge in [-0.1, -0.05) is 25.7 Å². The molecule has 4 nitrogen and oxygen atoms in total. The predicted molar refractivity (Wildman–Crippen MR) is 84.6 cm³/mol. The summed E-state index contributed by atoms with van der Waals surface area (Å²) in [6.07, 6.45) is 13.6. The summed E-state index contributed by atoms with van der Waals surface area (Å²) in [4.78, 5) is 22.7. The quantitative estimate of drug-likeness (QED) is 0.557. The fourth-order valence-electron chi connectivity index (χ4n) is 4.20. The summed E-state index contributed by atoms with van der Waals surface area (Å²) in [6.45, 7) is 0. The van der Waals surface area contributed by atoms with E-state index in [1.54, 1.807) is 0 Å². The molecule has 2 aliphatic carbocycles. The molecule has 22 heavy (non-hydrogen) atoms. The van der Waals surface area contributed by atoms with E-state index < -0.39 is 5.97 Å². The Kier molecular flexibility index (Phi) is 6.71. The number of hydrogen-bond acceptors (Lipinski definition) is 3. The van der Waals surface area contributed by atoms with Gasteiger partial charge in [-0.3, -0.25) is 9.59 Å². The van der Waals surface area contributed by atoms with Crippen LogP contribution in [0.25, 0.3) is 0 Å². The van der Waals surface area contributed by atoms with Gasteiger partial charge in [0.2, 0.25) is 0 Å². The second-order valence-electron chi connectivity index (χ2n) is 7.04. The molecule has 2 aliphatic rings. The minimum absolute atomic E-state index is 0.113. The number of carbonyl (C=O) groups is 2. The molecule has 0 aromatic carbocycles. The average molecular weight is 310 g/mol. The van der Waals surface area contributed by atoms with Crippen LogP contribution in [-0.4, -0.2) is 22.6 Å². The first-order chi connectivity index (χ1) is 10.6. The van der Waals surface area contributed by atoms with Gasteiger partial charge < -0.3 is 9.84 Å². The molecule has 0 amide bonds. The van der Waals surface area contributed by atoms with Crippen LogP contribution in [0.15, 0.2) is 0 Å². The zero-order valence-electron chi connectivity index (χ0n) is 13.6. The summed E-state index contributed by atoms with van der Waals surface area (Å²) >= 11 is 0. The number of ether oxygens (including phenoxy) is 1. The first-order valence-corrected chi connectivity index (χ1v) is 9.06. The van der Waals surface area contributed by atoms with E-state index in [1.807, 2.05) is 0 Å². The number of unbranched alkanes of at least 4 members (excludes halogenated alkanes) is 1. The Morgan fingerprint density at radius 1 is 0.909 bits per heavy atom. The highest BCUT2D eigenvalue weighted by Gasteiger charge is 2.43. The average Bonchev–Trinajstić information content (AvgIpc) is 2.53. The van der Waals surface area contributed by atoms with Crippen molar-refractivity contribution in [2.24, 2.45) is 5.92 Å². The number of aliphatic carboxylic acids is 1. The fourth-order valence-corrected chi connectivity index (χ4v) is 4.20. The molecule has 2 saturated carbocycles. The number of carboxylic acid groups (broad SMARTS) is 1. The molecule has 1 N–H and O–H groups in total. The molecule has 0 aromatic heterocycles. The Morgan fingerprint density at radius 2 is 1.50 bits per heavy atom. The Morgan fingerprint density at radius 3 is 2.14 bits per heavy atom. The molecule has 4 heteroatoms. The number of carboxylic acids is 1. The maximum Gasteiger partial charge on any atom is 0.306 e. The second-order valence-corrected chi connectivity index (χ2v) is 7.04. The van der Waals surface area contributed by atoms with Crippen molar-refractivity contribution >= 4 is 11.9 Å². The summed E-state index contributed by atoms with van der Waals surface area (Å²) in [5.41, 5.74) is -0.206. The third-order valence-electron chi connectivity index (χ3n) is 5.39. The maximum absolute atomic E-state index is 12.2. The van der Waals surface area contributed by atoms with Gasteiger partial charge in [-0.2, -0.15) is 0 Å². The molecule has 0 spiro atoms. The molecule has 0 aliphatic heterocycles. The highest BCUT2D eigenvalue weighted by Crippen LogP contribution is 2.44. The lowest BCUT2D eigenvalue weighted by molar-refractivity contribution is -0.173. The largest absolute Gasteiger partial charge is 0.481 e. The number of hydrogen-bond donors (Lipinski definition) is 1. The van der Waals surface area contributed by atoms with E-state index in [9.17, 15) is 9.59 Å². The minimum Gasteiger partial charge on any atom is -0.481 e.